The van der Waals surface area contributed by atoms with Crippen LogP contribution >= 0.6 is 0 Å². The monoisotopic (exact) mass is 252 g/mol. The molecule has 0 saturated carbocycles. The van der Waals surface area contributed by atoms with Gasteiger partial charge in [-0.05, 0) is 18.2 Å². The van der Waals surface area contributed by atoms with E-state index in [0.29, 0.717) is 5.76 Å². The Kier molecular flexibility index (Phi) is 5.17. The zero-order chi connectivity index (χ0) is 13.4. The topological polar surface area (TPSA) is 109 Å². The Morgan fingerprint density at radius 1 is 1.28 bits per heavy atom. The zero-order valence-corrected chi connectivity index (χ0v) is 9.38. The number of carboxylic acid groups (broad SMARTS) is 1. The van der Waals surface area contributed by atoms with E-state index in [0.717, 1.165) is 0 Å². The average Bonchev–Trinajstić information content (AvgIpc) is 2.84. The highest BCUT2D eigenvalue weighted by molar-refractivity contribution is 5.94. The molecular formula is C11H12N2O5. The van der Waals surface area contributed by atoms with Crippen LogP contribution in [0.2, 0.25) is 0 Å². The molecule has 7 heteroatoms. The molecule has 0 saturated heterocycles. The second-order valence-electron chi connectivity index (χ2n) is 3.24. The number of nitrogens with one attached hydrogen (secondary N) is 2. The van der Waals surface area contributed by atoms with Crippen LogP contribution in [-0.2, 0) is 14.4 Å². The van der Waals surface area contributed by atoms with Crippen molar-refractivity contribution in [3.63, 3.8) is 0 Å². The van der Waals surface area contributed by atoms with Gasteiger partial charge in [0.25, 0.3) is 0 Å². The molecule has 1 aromatic heterocycles. The number of hydrogen-bond donors (Lipinski definition) is 3. The van der Waals surface area contributed by atoms with Crippen LogP contribution in [0.1, 0.15) is 5.76 Å². The fourth-order valence-electron chi connectivity index (χ4n) is 1.01. The Balaban J connectivity index is 2.24. The van der Waals surface area contributed by atoms with Crippen LogP contribution in [0.4, 0.5) is 0 Å². The van der Waals surface area contributed by atoms with Crippen molar-refractivity contribution in [3.8, 4) is 0 Å². The van der Waals surface area contributed by atoms with E-state index < -0.39 is 24.3 Å². The van der Waals surface area contributed by atoms with Gasteiger partial charge in [0.05, 0.1) is 12.8 Å². The van der Waals surface area contributed by atoms with Gasteiger partial charge in [-0.1, -0.05) is 0 Å². The molecule has 0 spiro atoms. The number of carbonyl (C=O) groups is 3. The molecule has 18 heavy (non-hydrogen) atoms. The lowest BCUT2D eigenvalue weighted by molar-refractivity contribution is -0.137. The van der Waals surface area contributed by atoms with Crippen LogP contribution in [0.3, 0.4) is 0 Å². The van der Waals surface area contributed by atoms with Gasteiger partial charge in [0.2, 0.25) is 11.8 Å². The first-order valence-corrected chi connectivity index (χ1v) is 5.06. The quantitative estimate of drug-likeness (QED) is 0.597. The number of hydrogen-bond acceptors (Lipinski definition) is 4. The Morgan fingerprint density at radius 2 is 2.06 bits per heavy atom. The smallest absolute Gasteiger partial charge is 0.322 e. The van der Waals surface area contributed by atoms with Crippen molar-refractivity contribution in [1.29, 1.82) is 0 Å². The molecule has 0 aliphatic rings. The predicted molar refractivity (Wildman–Crippen MR) is 61.4 cm³/mol. The van der Waals surface area contributed by atoms with Crippen molar-refractivity contribution >= 4 is 23.9 Å². The van der Waals surface area contributed by atoms with Crippen molar-refractivity contribution in [2.45, 2.75) is 0 Å². The van der Waals surface area contributed by atoms with Gasteiger partial charge in [-0.2, -0.15) is 0 Å². The summed E-state index contributed by atoms with van der Waals surface area (Å²) in [4.78, 5) is 32.5. The van der Waals surface area contributed by atoms with Crippen LogP contribution in [-0.4, -0.2) is 36.0 Å². The van der Waals surface area contributed by atoms with Crippen molar-refractivity contribution in [1.82, 2.24) is 10.6 Å². The van der Waals surface area contributed by atoms with Gasteiger partial charge in [0.1, 0.15) is 12.3 Å². The summed E-state index contributed by atoms with van der Waals surface area (Å²) in [6.45, 7) is -0.758. The van der Waals surface area contributed by atoms with E-state index in [2.05, 4.69) is 10.6 Å². The van der Waals surface area contributed by atoms with E-state index in [1.807, 2.05) is 0 Å². The number of amides is 2. The summed E-state index contributed by atoms with van der Waals surface area (Å²) in [5.41, 5.74) is 0. The third-order valence-corrected chi connectivity index (χ3v) is 1.80. The van der Waals surface area contributed by atoms with Gasteiger partial charge in [0, 0.05) is 6.08 Å². The Bertz CT molecular complexity index is 450. The van der Waals surface area contributed by atoms with Gasteiger partial charge in [-0.3, -0.25) is 14.4 Å². The van der Waals surface area contributed by atoms with E-state index in [-0.39, 0.29) is 6.54 Å². The summed E-state index contributed by atoms with van der Waals surface area (Å²) in [6.07, 6.45) is 4.13. The van der Waals surface area contributed by atoms with Crippen molar-refractivity contribution in [2.24, 2.45) is 0 Å². The van der Waals surface area contributed by atoms with Crippen molar-refractivity contribution in [2.75, 3.05) is 13.1 Å². The second kappa shape index (κ2) is 6.89. The van der Waals surface area contributed by atoms with Gasteiger partial charge in [0.15, 0.2) is 0 Å². The van der Waals surface area contributed by atoms with Gasteiger partial charge in [-0.25, -0.2) is 0 Å². The lowest BCUT2D eigenvalue weighted by Gasteiger charge is -2.02. The SMILES string of the molecule is O=C(O)CNC(=O)CNC(=O)/C=C/c1ccco1. The first-order valence-electron chi connectivity index (χ1n) is 5.06. The number of carboxylic acids is 1. The maximum Gasteiger partial charge on any atom is 0.322 e. The maximum atomic E-state index is 11.2. The number of rotatable bonds is 6. The molecule has 0 aliphatic heterocycles. The second-order valence-corrected chi connectivity index (χ2v) is 3.24. The fraction of sp³-hybridized carbons (Fsp3) is 0.182. The summed E-state index contributed by atoms with van der Waals surface area (Å²) in [5.74, 6) is -1.68. The minimum Gasteiger partial charge on any atom is -0.480 e. The highest BCUT2D eigenvalue weighted by Gasteiger charge is 2.04. The zero-order valence-electron chi connectivity index (χ0n) is 9.38. The van der Waals surface area contributed by atoms with E-state index in [9.17, 15) is 14.4 Å². The molecule has 1 heterocycles. The number of carbonyl (C=O) groups excluding carboxylic acids is 2. The molecule has 0 aromatic carbocycles. The van der Waals surface area contributed by atoms with E-state index in [4.69, 9.17) is 9.52 Å². The molecule has 0 atom stereocenters. The highest BCUT2D eigenvalue weighted by atomic mass is 16.4. The Hall–Kier alpha value is -2.57. The highest BCUT2D eigenvalue weighted by Crippen LogP contribution is 2.01. The first-order chi connectivity index (χ1) is 8.58. The standard InChI is InChI=1S/C11H12N2O5/c14-9(4-3-8-2-1-5-18-8)12-6-10(15)13-7-11(16)17/h1-5H,6-7H2,(H,12,14)(H,13,15)(H,16,17)/b4-3+. The molecule has 3 N–H and O–H groups in total. The molecular weight excluding hydrogens is 240 g/mol. The van der Waals surface area contributed by atoms with Gasteiger partial charge >= 0.3 is 5.97 Å². The van der Waals surface area contributed by atoms with Gasteiger partial charge < -0.3 is 20.2 Å². The molecule has 0 aliphatic carbocycles. The van der Waals surface area contributed by atoms with Crippen LogP contribution in [0.15, 0.2) is 28.9 Å². The molecule has 1 rings (SSSR count). The first kappa shape index (κ1) is 13.5. The average molecular weight is 252 g/mol. The molecule has 96 valence electrons. The van der Waals surface area contributed by atoms with E-state index in [1.54, 1.807) is 12.1 Å². The number of furan rings is 1. The van der Waals surface area contributed by atoms with E-state index in [1.165, 1.54) is 18.4 Å². The molecule has 0 unspecified atom stereocenters. The van der Waals surface area contributed by atoms with Gasteiger partial charge in [-0.15, -0.1) is 0 Å². The Morgan fingerprint density at radius 3 is 2.67 bits per heavy atom. The van der Waals surface area contributed by atoms with Crippen LogP contribution in [0.5, 0.6) is 0 Å². The normalized spacial score (nSPS) is 10.2. The predicted octanol–water partition coefficient (Wildman–Crippen LogP) is -0.390. The summed E-state index contributed by atoms with van der Waals surface area (Å²) >= 11 is 0. The molecule has 0 fully saturated rings. The largest absolute Gasteiger partial charge is 0.480 e. The van der Waals surface area contributed by atoms with Crippen LogP contribution in [0.25, 0.3) is 6.08 Å². The minimum atomic E-state index is -1.15. The third-order valence-electron chi connectivity index (χ3n) is 1.80. The molecule has 7 nitrogen and oxygen atoms in total. The van der Waals surface area contributed by atoms with Crippen LogP contribution < -0.4 is 10.6 Å². The molecule has 0 bridgehead atoms. The third kappa shape index (κ3) is 5.50. The van der Waals surface area contributed by atoms with Crippen molar-refractivity contribution < 1.29 is 23.9 Å². The van der Waals surface area contributed by atoms with Crippen molar-refractivity contribution in [3.05, 3.63) is 30.2 Å². The molecule has 2 amide bonds. The maximum absolute atomic E-state index is 11.2. The summed E-state index contributed by atoms with van der Waals surface area (Å²) < 4.78 is 4.96. The summed E-state index contributed by atoms with van der Waals surface area (Å²) in [7, 11) is 0. The fourth-order valence-corrected chi connectivity index (χ4v) is 1.01. The summed E-state index contributed by atoms with van der Waals surface area (Å²) in [5, 5.41) is 12.7. The lowest BCUT2D eigenvalue weighted by atomic mass is 10.4. The Labute approximate surface area is 102 Å². The van der Waals surface area contributed by atoms with Crippen LogP contribution in [0, 0.1) is 0 Å². The lowest BCUT2D eigenvalue weighted by Crippen LogP contribution is -2.38. The number of aliphatic carboxylic acids is 1. The molecule has 1 aromatic rings. The van der Waals surface area contributed by atoms with E-state index >= 15 is 0 Å². The molecule has 0 radical (unpaired) electrons. The minimum absolute atomic E-state index is 0.283. The summed E-state index contributed by atoms with van der Waals surface area (Å²) in [6, 6.07) is 3.35.